The monoisotopic (exact) mass is 1450 g/mol. The Hall–Kier alpha value is -12.1. The summed E-state index contributed by atoms with van der Waals surface area (Å²) in [6.07, 6.45) is 0. The van der Waals surface area contributed by atoms with E-state index in [1.54, 1.807) is 0 Å². The van der Waals surface area contributed by atoms with Gasteiger partial charge in [0.15, 0.2) is 0 Å². The van der Waals surface area contributed by atoms with E-state index in [9.17, 15) is 0 Å². The number of benzene rings is 16. The van der Waals surface area contributed by atoms with Crippen LogP contribution in [0.2, 0.25) is 0 Å². The van der Waals surface area contributed by atoms with Gasteiger partial charge in [-0.3, -0.25) is 0 Å². The molecule has 16 aromatic rings. The summed E-state index contributed by atoms with van der Waals surface area (Å²) in [5, 5.41) is 0. The molecule has 0 atom stereocenters. The Morgan fingerprint density at radius 2 is 0.548 bits per heavy atom. The first-order chi connectivity index (χ1) is 51.7. The molecule has 0 spiro atoms. The molecular weight excluding hydrogens is 1390 g/mol. The number of para-hydroxylation sites is 8. The Kier molecular flexibility index (Phi) is 15.5. The molecule has 4 heterocycles. The number of fused-ring (bicyclic) bond motifs is 8. The van der Waals surface area contributed by atoms with Crippen LogP contribution in [0, 0.1) is 0 Å². The number of anilines is 12. The minimum absolute atomic E-state index is 0.131. The summed E-state index contributed by atoms with van der Waals surface area (Å²) < 4.78 is 5.63. The van der Waals surface area contributed by atoms with E-state index in [1.807, 2.05) is 0 Å². The molecule has 0 amide bonds. The fraction of sp³-hybridized carbons (Fsp3) is 0. The molecule has 4 aliphatic rings. The Balaban J connectivity index is 0.934. The average Bonchev–Trinajstić information content (AvgIpc) is 0.686. The normalized spacial score (nSPS) is 12.7. The molecular formula is C96H64B2N4Se2. The van der Waals surface area contributed by atoms with Crippen LogP contribution in [0.5, 0.6) is 0 Å². The van der Waals surface area contributed by atoms with E-state index in [0.29, 0.717) is 0 Å². The predicted octanol–water partition coefficient (Wildman–Crippen LogP) is 17.5. The Labute approximate surface area is 621 Å². The molecule has 486 valence electrons. The van der Waals surface area contributed by atoms with Crippen LogP contribution in [0.15, 0.2) is 388 Å². The van der Waals surface area contributed by atoms with Crippen molar-refractivity contribution in [2.45, 2.75) is 0 Å². The van der Waals surface area contributed by atoms with Gasteiger partial charge in [-0.15, -0.1) is 0 Å². The van der Waals surface area contributed by atoms with Crippen molar-refractivity contribution in [3.05, 3.63) is 388 Å². The standard InChI is InChI=1S/C96H64B2N4Se2/c1-10-34-65(35-11-1)76-52-32-53-77(66-36-12-2-13-37-66)90(76)91-95-82(97-80-56-28-30-58-84(80)101(73-50-26-9-27-51-73)86-60-74(62-88(103-95)92(86)97)99(69-42-18-5-19-43-69)70-44-20-6-21-45-70)64-83-96(91)104-89-63-75(100(71-46-22-7-23-47-71)72-48-24-8-25-49-72)61-87-93(89)98(83)81-57-29-31-59-85(81)102(87)94-78(67-38-14-3-15-39-67)54-33-55-79(94)68-40-16-4-17-41-68/h1-64H. The van der Waals surface area contributed by atoms with E-state index in [0.717, 1.165) is 56.6 Å². The van der Waals surface area contributed by atoms with Crippen molar-refractivity contribution in [2.75, 3.05) is 19.6 Å². The molecule has 0 N–H and O–H groups in total. The van der Waals surface area contributed by atoms with Crippen LogP contribution in [0.25, 0.3) is 55.6 Å². The van der Waals surface area contributed by atoms with Gasteiger partial charge in [0, 0.05) is 0 Å². The van der Waals surface area contributed by atoms with Gasteiger partial charge < -0.3 is 0 Å². The third kappa shape index (κ3) is 10.4. The maximum atomic E-state index is 2.77. The van der Waals surface area contributed by atoms with Crippen LogP contribution in [-0.2, 0) is 0 Å². The fourth-order valence-corrected chi connectivity index (χ4v) is 22.7. The van der Waals surface area contributed by atoms with Gasteiger partial charge in [0.1, 0.15) is 0 Å². The van der Waals surface area contributed by atoms with E-state index in [-0.39, 0.29) is 43.3 Å². The number of hydrogen-bond acceptors (Lipinski definition) is 4. The summed E-state index contributed by atoms with van der Waals surface area (Å²) in [5.74, 6) is 0. The van der Waals surface area contributed by atoms with Crippen LogP contribution in [0.3, 0.4) is 0 Å². The van der Waals surface area contributed by atoms with Gasteiger partial charge in [-0.05, 0) is 0 Å². The van der Waals surface area contributed by atoms with Crippen molar-refractivity contribution < 1.29 is 0 Å². The van der Waals surface area contributed by atoms with Crippen LogP contribution < -0.4 is 70.2 Å². The number of hydrogen-bond donors (Lipinski definition) is 0. The van der Waals surface area contributed by atoms with Gasteiger partial charge in [-0.2, -0.15) is 0 Å². The van der Waals surface area contributed by atoms with Crippen molar-refractivity contribution in [3.8, 4) is 55.6 Å². The third-order valence-electron chi connectivity index (χ3n) is 21.1. The second-order valence-corrected chi connectivity index (χ2v) is 31.4. The van der Waals surface area contributed by atoms with Crippen molar-refractivity contribution in [1.29, 1.82) is 0 Å². The molecule has 4 aliphatic heterocycles. The topological polar surface area (TPSA) is 13.0 Å². The van der Waals surface area contributed by atoms with Gasteiger partial charge in [0.25, 0.3) is 0 Å². The van der Waals surface area contributed by atoms with E-state index in [2.05, 4.69) is 408 Å². The van der Waals surface area contributed by atoms with E-state index in [1.165, 1.54) is 118 Å². The molecule has 104 heavy (non-hydrogen) atoms. The van der Waals surface area contributed by atoms with E-state index >= 15 is 0 Å². The van der Waals surface area contributed by atoms with E-state index < -0.39 is 0 Å². The Bertz CT molecular complexity index is 5750. The second-order valence-electron chi connectivity index (χ2n) is 26.9. The van der Waals surface area contributed by atoms with Gasteiger partial charge in [0.2, 0.25) is 0 Å². The zero-order valence-corrected chi connectivity index (χ0v) is 60.1. The molecule has 0 bridgehead atoms. The summed E-state index contributed by atoms with van der Waals surface area (Å²) in [5.41, 5.74) is 34.0. The molecule has 0 aromatic heterocycles. The molecule has 20 rings (SSSR count). The van der Waals surface area contributed by atoms with Gasteiger partial charge in [0.05, 0.1) is 0 Å². The maximum absolute atomic E-state index is 2.77. The summed E-state index contributed by atoms with van der Waals surface area (Å²) in [6, 6.07) is 146. The fourth-order valence-electron chi connectivity index (χ4n) is 16.8. The first-order valence-electron chi connectivity index (χ1n) is 35.7. The van der Waals surface area contributed by atoms with Gasteiger partial charge in [-0.1, -0.05) is 0 Å². The number of rotatable bonds is 13. The van der Waals surface area contributed by atoms with Crippen LogP contribution >= 0.6 is 0 Å². The van der Waals surface area contributed by atoms with Gasteiger partial charge >= 0.3 is 626 Å². The molecule has 0 aliphatic carbocycles. The summed E-state index contributed by atoms with van der Waals surface area (Å²) in [7, 11) is 0. The first kappa shape index (κ1) is 61.7. The van der Waals surface area contributed by atoms with Gasteiger partial charge in [-0.25, -0.2) is 0 Å². The summed E-state index contributed by atoms with van der Waals surface area (Å²) in [6.45, 7) is -0.305. The quantitative estimate of drug-likeness (QED) is 0.107. The molecule has 16 aromatic carbocycles. The summed E-state index contributed by atoms with van der Waals surface area (Å²) >= 11 is -0.569. The zero-order chi connectivity index (χ0) is 68.6. The van der Waals surface area contributed by atoms with Crippen LogP contribution in [0.1, 0.15) is 0 Å². The number of nitrogens with zero attached hydrogens (tertiary/aromatic N) is 4. The second kappa shape index (κ2) is 26.1. The van der Waals surface area contributed by atoms with Crippen LogP contribution in [0.4, 0.5) is 68.2 Å². The average molecular weight is 1450 g/mol. The molecule has 0 radical (unpaired) electrons. The molecule has 0 saturated carbocycles. The minimum atomic E-state index is -0.304. The molecule has 0 unspecified atom stereocenters. The molecule has 8 heteroatoms. The molecule has 0 fully saturated rings. The third-order valence-corrected chi connectivity index (χ3v) is 26.1. The van der Waals surface area contributed by atoms with Crippen molar-refractivity contribution >= 4 is 162 Å². The van der Waals surface area contributed by atoms with Crippen LogP contribution in [-0.4, -0.2) is 43.3 Å². The van der Waals surface area contributed by atoms with Crippen molar-refractivity contribution in [1.82, 2.24) is 0 Å². The first-order valence-corrected chi connectivity index (χ1v) is 39.1. The Morgan fingerprint density at radius 1 is 0.231 bits per heavy atom. The molecule has 0 saturated heterocycles. The van der Waals surface area contributed by atoms with Crippen molar-refractivity contribution in [3.63, 3.8) is 0 Å². The predicted molar refractivity (Wildman–Crippen MR) is 445 cm³/mol. The van der Waals surface area contributed by atoms with E-state index in [4.69, 9.17) is 0 Å². The Morgan fingerprint density at radius 3 is 0.942 bits per heavy atom. The SMILES string of the molecule is c1ccc(-c2cccc(-c3ccccc3)c2-c2c3c(cc4c2[Se]c2cc(N(c5ccccc5)c5ccccc5)cc5c2B4c2ccccc2N5c2c(-c4ccccc4)cccc2-c2ccccc2)B2c4ccccc4N(c4ccccc4)c4cc(N(c5ccccc5)c5ccccc5)cc(c42)[Se]3)cc1. The summed E-state index contributed by atoms with van der Waals surface area (Å²) in [4.78, 5) is 10.2. The zero-order valence-electron chi connectivity index (χ0n) is 56.7. The molecule has 4 nitrogen and oxygen atoms in total. The van der Waals surface area contributed by atoms with Crippen molar-refractivity contribution in [2.24, 2.45) is 0 Å².